The van der Waals surface area contributed by atoms with Crippen molar-refractivity contribution in [3.8, 4) is 6.07 Å². The molecule has 2 N–H and O–H groups in total. The zero-order valence-electron chi connectivity index (χ0n) is 28.1. The molecule has 0 saturated carbocycles. The van der Waals surface area contributed by atoms with Crippen LogP contribution in [0.25, 0.3) is 10.2 Å². The molecule has 1 atom stereocenters. The van der Waals surface area contributed by atoms with E-state index in [1.807, 2.05) is 62.4 Å². The lowest BCUT2D eigenvalue weighted by Crippen LogP contribution is -2.25. The van der Waals surface area contributed by atoms with Crippen molar-refractivity contribution in [2.45, 2.75) is 64.8 Å². The second kappa shape index (κ2) is 20.8. The van der Waals surface area contributed by atoms with Gasteiger partial charge in [0.25, 0.3) is 8.53 Å². The molecule has 0 aliphatic carbocycles. The molecule has 0 saturated heterocycles. The maximum atomic E-state index is 12.8. The lowest BCUT2D eigenvalue weighted by molar-refractivity contribution is -0.122. The Morgan fingerprint density at radius 1 is 1.02 bits per heavy atom. The molecule has 12 nitrogen and oxygen atoms in total. The zero-order valence-corrected chi connectivity index (χ0v) is 29.8. The molecule has 14 heteroatoms. The van der Waals surface area contributed by atoms with Crippen LogP contribution in [0.15, 0.2) is 52.7 Å². The molecule has 0 fully saturated rings. The van der Waals surface area contributed by atoms with Crippen molar-refractivity contribution in [1.82, 2.24) is 15.0 Å². The van der Waals surface area contributed by atoms with E-state index in [2.05, 4.69) is 50.4 Å². The van der Waals surface area contributed by atoms with Crippen LogP contribution in [0, 0.1) is 11.3 Å². The Hall–Kier alpha value is -3.37. The monoisotopic (exact) mass is 682 g/mol. The minimum absolute atomic E-state index is 0.00892. The van der Waals surface area contributed by atoms with Crippen molar-refractivity contribution in [1.29, 1.82) is 5.26 Å². The highest BCUT2D eigenvalue weighted by Crippen LogP contribution is 2.43. The zero-order chi connectivity index (χ0) is 34.0. The molecule has 1 unspecified atom stereocenters. The topological polar surface area (TPSA) is 145 Å². The van der Waals surface area contributed by atoms with Gasteiger partial charge in [-0.1, -0.05) is 36.3 Å². The van der Waals surface area contributed by atoms with E-state index in [1.165, 1.54) is 11.3 Å². The van der Waals surface area contributed by atoms with E-state index in [0.29, 0.717) is 36.1 Å². The number of carbonyl (C=O) groups excluding carboxylic acids is 2. The van der Waals surface area contributed by atoms with Crippen LogP contribution < -0.4 is 15.5 Å². The number of anilines is 2. The molecule has 1 heterocycles. The normalized spacial score (nSPS) is 12.2. The number of nitrogens with zero attached hydrogens (tertiary/aromatic N) is 6. The third kappa shape index (κ3) is 13.7. The molecule has 254 valence electrons. The number of para-hydroxylation sites is 1. The largest absolute Gasteiger partial charge is 0.378 e. The number of unbranched alkanes of at least 4 members (excludes halogenated alkanes) is 3. The summed E-state index contributed by atoms with van der Waals surface area (Å²) in [6.45, 7) is 6.12. The number of nitriles is 1. The van der Waals surface area contributed by atoms with E-state index in [4.69, 9.17) is 14.3 Å². The van der Waals surface area contributed by atoms with Crippen LogP contribution in [-0.4, -0.2) is 74.8 Å². The van der Waals surface area contributed by atoms with E-state index >= 15 is 0 Å². The first-order valence-electron chi connectivity index (χ1n) is 15.9. The second-order valence-electron chi connectivity index (χ2n) is 11.4. The number of ketones is 1. The summed E-state index contributed by atoms with van der Waals surface area (Å²) in [6, 6.07) is 15.7. The fraction of sp³-hybridized carbons (Fsp3) is 0.515. The Balaban J connectivity index is 1.35. The van der Waals surface area contributed by atoms with Gasteiger partial charge in [0.15, 0.2) is 0 Å². The number of Topliss-reactive ketones (excluding diaryl/α,β-unsaturated/α-hetero) is 1. The summed E-state index contributed by atoms with van der Waals surface area (Å²) in [5.74, 6) is -0.267. The van der Waals surface area contributed by atoms with Crippen molar-refractivity contribution in [3.05, 3.63) is 42.5 Å². The Morgan fingerprint density at radius 3 is 2.53 bits per heavy atom. The number of amides is 1. The van der Waals surface area contributed by atoms with E-state index in [9.17, 15) is 9.59 Å². The summed E-state index contributed by atoms with van der Waals surface area (Å²) < 4.78 is 14.8. The fourth-order valence-corrected chi connectivity index (χ4v) is 6.33. The van der Waals surface area contributed by atoms with Gasteiger partial charge in [0.2, 0.25) is 11.0 Å². The van der Waals surface area contributed by atoms with Gasteiger partial charge in [0.05, 0.1) is 48.2 Å². The van der Waals surface area contributed by atoms with Gasteiger partial charge in [0, 0.05) is 38.7 Å². The first-order chi connectivity index (χ1) is 22.7. The lowest BCUT2D eigenvalue weighted by atomic mass is 10.2. The average molecular weight is 683 g/mol. The van der Waals surface area contributed by atoms with Crippen LogP contribution in [0.4, 0.5) is 22.2 Å². The number of nitrogens with one attached hydrogen (secondary N) is 2. The first kappa shape index (κ1) is 38.1. The summed E-state index contributed by atoms with van der Waals surface area (Å²) in [5.41, 5.74) is 2.80. The van der Waals surface area contributed by atoms with E-state index in [0.717, 1.165) is 48.1 Å². The van der Waals surface area contributed by atoms with Gasteiger partial charge >= 0.3 is 0 Å². The predicted octanol–water partition coefficient (Wildman–Crippen LogP) is 7.73. The van der Waals surface area contributed by atoms with E-state index < -0.39 is 8.53 Å². The summed E-state index contributed by atoms with van der Waals surface area (Å²) in [4.78, 5) is 31.7. The summed E-state index contributed by atoms with van der Waals surface area (Å²) in [5, 5.41) is 24.1. The molecule has 3 aromatic rings. The van der Waals surface area contributed by atoms with Crippen molar-refractivity contribution < 1.29 is 18.6 Å². The van der Waals surface area contributed by atoms with Gasteiger partial charge in [-0.3, -0.25) is 9.59 Å². The van der Waals surface area contributed by atoms with Crippen molar-refractivity contribution in [2.24, 2.45) is 10.2 Å². The molecule has 2 aromatic carbocycles. The molecule has 0 aliphatic rings. The third-order valence-electron chi connectivity index (χ3n) is 7.12. The van der Waals surface area contributed by atoms with Crippen LogP contribution in [0.1, 0.15) is 58.8 Å². The fourth-order valence-electron chi connectivity index (χ4n) is 4.20. The minimum Gasteiger partial charge on any atom is -0.378 e. The molecule has 1 amide bonds. The van der Waals surface area contributed by atoms with Crippen LogP contribution in [-0.2, 0) is 18.6 Å². The maximum absolute atomic E-state index is 12.8. The third-order valence-corrected chi connectivity index (χ3v) is 9.82. The van der Waals surface area contributed by atoms with Gasteiger partial charge in [-0.05, 0) is 70.6 Å². The lowest BCUT2D eigenvalue weighted by Gasteiger charge is -2.28. The van der Waals surface area contributed by atoms with Gasteiger partial charge in [-0.25, -0.2) is 9.65 Å². The van der Waals surface area contributed by atoms with Crippen molar-refractivity contribution >= 4 is 64.0 Å². The number of rotatable bonds is 22. The molecular weight excluding hydrogens is 635 g/mol. The van der Waals surface area contributed by atoms with E-state index in [-0.39, 0.29) is 37.1 Å². The molecule has 47 heavy (non-hydrogen) atoms. The quantitative estimate of drug-likeness (QED) is 0.0618. The number of aromatic nitrogens is 1. The Morgan fingerprint density at radius 2 is 1.79 bits per heavy atom. The molecule has 0 spiro atoms. The Labute approximate surface area is 283 Å². The molecule has 1 aromatic heterocycles. The Bertz CT molecular complexity index is 1460. The van der Waals surface area contributed by atoms with Crippen molar-refractivity contribution in [3.63, 3.8) is 0 Å². The maximum Gasteiger partial charge on any atom is 0.258 e. The molecule has 0 aliphatic heterocycles. The highest BCUT2D eigenvalue weighted by molar-refractivity contribution is 7.44. The summed E-state index contributed by atoms with van der Waals surface area (Å²) in [7, 11) is 4.65. The summed E-state index contributed by atoms with van der Waals surface area (Å²) >= 11 is 1.45. The predicted molar refractivity (Wildman–Crippen MR) is 191 cm³/mol. The molecular formula is C33H47N8O4PS. The van der Waals surface area contributed by atoms with Crippen LogP contribution in [0.3, 0.4) is 0 Å². The number of hydrogen-bond acceptors (Lipinski definition) is 12. The Kier molecular flexibility index (Phi) is 16.8. The van der Waals surface area contributed by atoms with Gasteiger partial charge < -0.3 is 24.6 Å². The van der Waals surface area contributed by atoms with Crippen molar-refractivity contribution in [2.75, 3.05) is 57.7 Å². The average Bonchev–Trinajstić information content (AvgIpc) is 3.48. The number of thiazole rings is 1. The standard InChI is InChI=1S/C33H47N8O4PS/c1-25(2)41(5)46(45-22-12-19-34)44-21-11-7-6-10-20-35-24-27(42)16-18-32(43)36-30-23-26(40(3)4)15-17-28(30)38-39-33-37-29-13-8-9-14-31(29)47-33/h8-9,13-15,17,23,25,35H,6-7,10-12,16,18,20-22,24H2,1-5H3,(H,36,43). The highest BCUT2D eigenvalue weighted by Gasteiger charge is 2.20. The molecule has 0 radical (unpaired) electrons. The van der Waals surface area contributed by atoms with Crippen LogP contribution in [0.2, 0.25) is 0 Å². The van der Waals surface area contributed by atoms with Crippen LogP contribution in [0.5, 0.6) is 0 Å². The smallest absolute Gasteiger partial charge is 0.258 e. The number of carbonyl (C=O) groups is 2. The van der Waals surface area contributed by atoms with Gasteiger partial charge in [0.1, 0.15) is 11.5 Å². The minimum atomic E-state index is -1.16. The molecule has 3 rings (SSSR count). The summed E-state index contributed by atoms with van der Waals surface area (Å²) in [6.07, 6.45) is 4.48. The number of fused-ring (bicyclic) bond motifs is 1. The second-order valence-corrected chi connectivity index (χ2v) is 14.0. The number of azo groups is 1. The highest BCUT2D eigenvalue weighted by atomic mass is 32.1. The SMILES string of the molecule is CC(C)N(C)P(OCCC#N)OCCCCCCNCC(=O)CCC(=O)Nc1cc(N(C)C)ccc1N=Nc1nc2ccccc2s1. The van der Waals surface area contributed by atoms with Crippen LogP contribution >= 0.6 is 19.9 Å². The van der Waals surface area contributed by atoms with E-state index in [1.54, 1.807) is 6.07 Å². The number of benzene rings is 2. The number of hydrogen-bond donors (Lipinski definition) is 2. The van der Waals surface area contributed by atoms with Gasteiger partial charge in [-0.2, -0.15) is 5.26 Å². The first-order valence-corrected chi connectivity index (χ1v) is 17.9. The van der Waals surface area contributed by atoms with Gasteiger partial charge in [-0.15, -0.1) is 10.2 Å². The molecule has 0 bridgehead atoms.